The fourth-order valence-corrected chi connectivity index (χ4v) is 2.71. The van der Waals surface area contributed by atoms with Crippen LogP contribution in [0.15, 0.2) is 36.8 Å². The molecule has 0 radical (unpaired) electrons. The average Bonchev–Trinajstić information content (AvgIpc) is 3.16. The van der Waals surface area contributed by atoms with Gasteiger partial charge in [-0.15, -0.1) is 0 Å². The molecule has 0 fully saturated rings. The van der Waals surface area contributed by atoms with Crippen LogP contribution in [0.5, 0.6) is 0 Å². The van der Waals surface area contributed by atoms with Crippen molar-refractivity contribution in [1.29, 1.82) is 0 Å². The van der Waals surface area contributed by atoms with Crippen molar-refractivity contribution in [2.45, 2.75) is 6.92 Å². The third-order valence-electron chi connectivity index (χ3n) is 3.88. The number of imidazole rings is 1. The van der Waals surface area contributed by atoms with Gasteiger partial charge >= 0.3 is 5.97 Å². The smallest absolute Gasteiger partial charge is 0.339 e. The lowest BCUT2D eigenvalue weighted by Crippen LogP contribution is -1.97. The number of benzene rings is 1. The van der Waals surface area contributed by atoms with E-state index < -0.39 is 17.6 Å². The van der Waals surface area contributed by atoms with Crippen LogP contribution in [0.25, 0.3) is 28.2 Å². The molecule has 0 aliphatic rings. The Labute approximate surface area is 145 Å². The summed E-state index contributed by atoms with van der Waals surface area (Å²) in [6.45, 7) is 1.68. The molecular weight excluding hydrogens is 344 g/mol. The Kier molecular flexibility index (Phi) is 3.50. The number of carbonyl (C=O) groups is 1. The summed E-state index contributed by atoms with van der Waals surface area (Å²) in [6.07, 6.45) is 4.32. The summed E-state index contributed by atoms with van der Waals surface area (Å²) in [4.78, 5) is 26.8. The van der Waals surface area contributed by atoms with Gasteiger partial charge in [0.15, 0.2) is 5.65 Å². The maximum Gasteiger partial charge on any atom is 0.339 e. The summed E-state index contributed by atoms with van der Waals surface area (Å²) in [7, 11) is 0. The number of aryl methyl sites for hydroxylation is 1. The number of aromatic nitrogens is 5. The topological polar surface area (TPSA) is 96.7 Å². The summed E-state index contributed by atoms with van der Waals surface area (Å²) in [5.74, 6) is -2.04. The van der Waals surface area contributed by atoms with E-state index in [2.05, 4.69) is 19.9 Å². The summed E-state index contributed by atoms with van der Waals surface area (Å²) in [6, 6.07) is 3.16. The van der Waals surface area contributed by atoms with Gasteiger partial charge in [0, 0.05) is 18.5 Å². The van der Waals surface area contributed by atoms with Crippen LogP contribution in [0.4, 0.5) is 8.78 Å². The molecule has 0 atom stereocenters. The number of carboxylic acids is 1. The molecule has 7 nitrogen and oxygen atoms in total. The quantitative estimate of drug-likeness (QED) is 0.589. The molecule has 3 aromatic heterocycles. The van der Waals surface area contributed by atoms with Crippen molar-refractivity contribution in [3.05, 3.63) is 59.8 Å². The highest BCUT2D eigenvalue weighted by molar-refractivity contribution is 6.00. The maximum atomic E-state index is 13.5. The lowest BCUT2D eigenvalue weighted by atomic mass is 10.2. The van der Waals surface area contributed by atoms with Crippen LogP contribution >= 0.6 is 0 Å². The summed E-state index contributed by atoms with van der Waals surface area (Å²) in [5.41, 5.74) is 1.57. The van der Waals surface area contributed by atoms with Crippen LogP contribution in [-0.2, 0) is 0 Å². The van der Waals surface area contributed by atoms with Gasteiger partial charge in [0.25, 0.3) is 0 Å². The summed E-state index contributed by atoms with van der Waals surface area (Å²) in [5, 5.41) is 9.20. The van der Waals surface area contributed by atoms with E-state index in [-0.39, 0.29) is 16.8 Å². The van der Waals surface area contributed by atoms with Gasteiger partial charge in [-0.05, 0) is 19.1 Å². The molecule has 0 aliphatic carbocycles. The SMILES string of the molecule is Cc1nc(-c2cnc3[nH]cc(C(=O)O)c3n2)cn1-c1cc(F)cc(F)c1. The van der Waals surface area contributed by atoms with Crippen LogP contribution in [0.3, 0.4) is 0 Å². The third kappa shape index (κ3) is 2.59. The molecule has 4 aromatic rings. The first-order valence-corrected chi connectivity index (χ1v) is 7.52. The molecule has 1 aromatic carbocycles. The molecule has 0 aliphatic heterocycles. The highest BCUT2D eigenvalue weighted by Crippen LogP contribution is 2.23. The van der Waals surface area contributed by atoms with Crippen molar-refractivity contribution >= 4 is 17.1 Å². The monoisotopic (exact) mass is 355 g/mol. The normalized spacial score (nSPS) is 11.2. The van der Waals surface area contributed by atoms with E-state index in [1.807, 2.05) is 0 Å². The molecule has 4 rings (SSSR count). The highest BCUT2D eigenvalue weighted by Gasteiger charge is 2.16. The van der Waals surface area contributed by atoms with Gasteiger partial charge in [-0.25, -0.2) is 28.5 Å². The van der Waals surface area contributed by atoms with E-state index in [1.165, 1.54) is 29.1 Å². The molecule has 9 heteroatoms. The zero-order valence-electron chi connectivity index (χ0n) is 13.4. The number of hydrogen-bond donors (Lipinski definition) is 2. The molecule has 0 saturated heterocycles. The molecule has 0 unspecified atom stereocenters. The number of halogens is 2. The standard InChI is InChI=1S/C17H11F2N5O2/c1-8-22-14(7-24(8)11-3-9(18)2-10(19)4-11)13-6-21-16-15(23-13)12(5-20-16)17(25)26/h2-7H,1H3,(H,20,21)(H,25,26). The fraction of sp³-hybridized carbons (Fsp3) is 0.0588. The largest absolute Gasteiger partial charge is 0.478 e. The number of hydrogen-bond acceptors (Lipinski definition) is 4. The minimum absolute atomic E-state index is 0.00212. The highest BCUT2D eigenvalue weighted by atomic mass is 19.1. The number of carboxylic acid groups (broad SMARTS) is 1. The summed E-state index contributed by atoms with van der Waals surface area (Å²) >= 11 is 0. The summed E-state index contributed by atoms with van der Waals surface area (Å²) < 4.78 is 28.5. The first-order valence-electron chi connectivity index (χ1n) is 7.52. The van der Waals surface area contributed by atoms with Gasteiger partial charge in [-0.3, -0.25) is 0 Å². The molecule has 26 heavy (non-hydrogen) atoms. The Morgan fingerprint density at radius 1 is 1.15 bits per heavy atom. The van der Waals surface area contributed by atoms with Crippen molar-refractivity contribution in [3.8, 4) is 17.1 Å². The van der Waals surface area contributed by atoms with Crippen LogP contribution in [0.1, 0.15) is 16.2 Å². The molecule has 0 bridgehead atoms. The lowest BCUT2D eigenvalue weighted by Gasteiger charge is -2.04. The maximum absolute atomic E-state index is 13.5. The number of H-pyrrole nitrogens is 1. The van der Waals surface area contributed by atoms with Crippen LogP contribution < -0.4 is 0 Å². The fourth-order valence-electron chi connectivity index (χ4n) is 2.71. The van der Waals surface area contributed by atoms with Gasteiger partial charge in [-0.2, -0.15) is 0 Å². The number of nitrogens with one attached hydrogen (secondary N) is 1. The van der Waals surface area contributed by atoms with Crippen molar-refractivity contribution in [1.82, 2.24) is 24.5 Å². The second kappa shape index (κ2) is 5.73. The average molecular weight is 355 g/mol. The zero-order valence-corrected chi connectivity index (χ0v) is 13.4. The van der Waals surface area contributed by atoms with Gasteiger partial charge in [0.1, 0.15) is 39.9 Å². The van der Waals surface area contributed by atoms with Crippen molar-refractivity contribution in [3.63, 3.8) is 0 Å². The van der Waals surface area contributed by atoms with Gasteiger partial charge in [-0.1, -0.05) is 0 Å². The van der Waals surface area contributed by atoms with E-state index in [9.17, 15) is 18.7 Å². The van der Waals surface area contributed by atoms with Gasteiger partial charge in [0.2, 0.25) is 0 Å². The van der Waals surface area contributed by atoms with E-state index >= 15 is 0 Å². The Morgan fingerprint density at radius 2 is 1.88 bits per heavy atom. The predicted molar refractivity (Wildman–Crippen MR) is 88.1 cm³/mol. The third-order valence-corrected chi connectivity index (χ3v) is 3.88. The van der Waals surface area contributed by atoms with E-state index in [4.69, 9.17) is 0 Å². The molecule has 130 valence electrons. The van der Waals surface area contributed by atoms with E-state index in [0.717, 1.165) is 6.07 Å². The molecule has 0 saturated carbocycles. The molecule has 2 N–H and O–H groups in total. The number of fused-ring (bicyclic) bond motifs is 1. The second-order valence-corrected chi connectivity index (χ2v) is 5.63. The zero-order chi connectivity index (χ0) is 18.4. The van der Waals surface area contributed by atoms with Crippen LogP contribution in [0.2, 0.25) is 0 Å². The number of nitrogens with zero attached hydrogens (tertiary/aromatic N) is 4. The van der Waals surface area contributed by atoms with E-state index in [1.54, 1.807) is 13.1 Å². The Morgan fingerprint density at radius 3 is 2.58 bits per heavy atom. The second-order valence-electron chi connectivity index (χ2n) is 5.63. The molecule has 0 spiro atoms. The Bertz CT molecular complexity index is 1150. The van der Waals surface area contributed by atoms with Crippen LogP contribution in [0, 0.1) is 18.6 Å². The molecule has 0 amide bonds. The number of aromatic carboxylic acids is 1. The number of rotatable bonds is 3. The minimum atomic E-state index is -1.13. The van der Waals surface area contributed by atoms with E-state index in [0.29, 0.717) is 22.9 Å². The van der Waals surface area contributed by atoms with Gasteiger partial charge in [0.05, 0.1) is 11.9 Å². The number of aromatic amines is 1. The first kappa shape index (κ1) is 15.9. The van der Waals surface area contributed by atoms with Crippen molar-refractivity contribution < 1.29 is 18.7 Å². The van der Waals surface area contributed by atoms with Crippen LogP contribution in [-0.4, -0.2) is 35.6 Å². The lowest BCUT2D eigenvalue weighted by molar-refractivity contribution is 0.0699. The Balaban J connectivity index is 1.83. The van der Waals surface area contributed by atoms with Gasteiger partial charge < -0.3 is 14.7 Å². The minimum Gasteiger partial charge on any atom is -0.478 e. The first-order chi connectivity index (χ1) is 12.4. The predicted octanol–water partition coefficient (Wildman–Crippen LogP) is 3.10. The van der Waals surface area contributed by atoms with Crippen molar-refractivity contribution in [2.24, 2.45) is 0 Å². The molecule has 3 heterocycles. The van der Waals surface area contributed by atoms with Crippen molar-refractivity contribution in [2.75, 3.05) is 0 Å². The Hall–Kier alpha value is -3.62. The molecular formula is C17H11F2N5O2.